The first kappa shape index (κ1) is 18.4. The molecule has 1 amide bonds. The molecule has 0 saturated heterocycles. The molecule has 1 atom stereocenters. The highest BCUT2D eigenvalue weighted by molar-refractivity contribution is 5.87. The molecule has 0 spiro atoms. The summed E-state index contributed by atoms with van der Waals surface area (Å²) < 4.78 is 18.5. The summed E-state index contributed by atoms with van der Waals surface area (Å²) >= 11 is 0. The van der Waals surface area contributed by atoms with Crippen LogP contribution in [-0.4, -0.2) is 29.6 Å². The van der Waals surface area contributed by atoms with Gasteiger partial charge in [0.05, 0.1) is 11.6 Å². The first-order valence-corrected chi connectivity index (χ1v) is 7.94. The van der Waals surface area contributed by atoms with Crippen LogP contribution in [0.2, 0.25) is 0 Å². The first-order chi connectivity index (χ1) is 11.9. The maximum atomic E-state index is 13.1. The molecule has 6 heteroatoms. The Morgan fingerprint density at radius 3 is 2.56 bits per heavy atom. The molecule has 0 aliphatic carbocycles. The van der Waals surface area contributed by atoms with Gasteiger partial charge in [-0.1, -0.05) is 18.2 Å². The van der Waals surface area contributed by atoms with E-state index in [1.165, 1.54) is 24.3 Å². The van der Waals surface area contributed by atoms with Crippen LogP contribution in [0.3, 0.4) is 0 Å². The number of halogens is 1. The van der Waals surface area contributed by atoms with Crippen molar-refractivity contribution in [3.8, 4) is 5.75 Å². The standard InChI is InChI=1S/C19H20FNO4/c1-13(12-25-17-4-2-3-16(20)11-17)21-18(22)10-7-14-5-8-15(9-6-14)19(23)24/h2-6,8-9,11,13H,7,10,12H2,1H3,(H,21,22)(H,23,24). The van der Waals surface area contributed by atoms with Gasteiger partial charge in [-0.15, -0.1) is 0 Å². The van der Waals surface area contributed by atoms with Gasteiger partial charge >= 0.3 is 5.97 Å². The molecule has 2 aromatic carbocycles. The smallest absolute Gasteiger partial charge is 0.335 e. The number of hydrogen-bond donors (Lipinski definition) is 2. The molecule has 0 aliphatic heterocycles. The second-order valence-corrected chi connectivity index (χ2v) is 5.74. The van der Waals surface area contributed by atoms with Gasteiger partial charge in [-0.25, -0.2) is 9.18 Å². The van der Waals surface area contributed by atoms with Crippen molar-refractivity contribution in [3.63, 3.8) is 0 Å². The van der Waals surface area contributed by atoms with Gasteiger partial charge in [0.25, 0.3) is 0 Å². The fraction of sp³-hybridized carbons (Fsp3) is 0.263. The molecule has 0 saturated carbocycles. The van der Waals surface area contributed by atoms with Crippen molar-refractivity contribution >= 4 is 11.9 Å². The Hall–Kier alpha value is -2.89. The number of aromatic carboxylic acids is 1. The predicted octanol–water partition coefficient (Wildman–Crippen LogP) is 3.04. The number of hydrogen-bond acceptors (Lipinski definition) is 3. The summed E-state index contributed by atoms with van der Waals surface area (Å²) in [6, 6.07) is 12.1. The molecule has 1 unspecified atom stereocenters. The number of nitrogens with one attached hydrogen (secondary N) is 1. The van der Waals surface area contributed by atoms with Gasteiger partial charge in [0, 0.05) is 12.5 Å². The summed E-state index contributed by atoms with van der Waals surface area (Å²) in [4.78, 5) is 22.7. The number of aryl methyl sites for hydroxylation is 1. The van der Waals surface area contributed by atoms with Crippen molar-refractivity contribution in [3.05, 3.63) is 65.5 Å². The average molecular weight is 345 g/mol. The number of rotatable bonds is 8. The fourth-order valence-corrected chi connectivity index (χ4v) is 2.24. The van der Waals surface area contributed by atoms with E-state index in [1.807, 2.05) is 0 Å². The molecular formula is C19H20FNO4. The van der Waals surface area contributed by atoms with Crippen LogP contribution in [0.5, 0.6) is 5.75 Å². The minimum absolute atomic E-state index is 0.127. The van der Waals surface area contributed by atoms with Gasteiger partial charge in [0.15, 0.2) is 0 Å². The Balaban J connectivity index is 1.72. The van der Waals surface area contributed by atoms with Crippen LogP contribution in [-0.2, 0) is 11.2 Å². The lowest BCUT2D eigenvalue weighted by molar-refractivity contribution is -0.121. The van der Waals surface area contributed by atoms with E-state index in [0.717, 1.165) is 5.56 Å². The summed E-state index contributed by atoms with van der Waals surface area (Å²) in [6.07, 6.45) is 0.805. The molecule has 0 heterocycles. The molecule has 0 bridgehead atoms. The van der Waals surface area contributed by atoms with Crippen molar-refractivity contribution in [1.29, 1.82) is 0 Å². The maximum Gasteiger partial charge on any atom is 0.335 e. The van der Waals surface area contributed by atoms with E-state index in [4.69, 9.17) is 9.84 Å². The zero-order chi connectivity index (χ0) is 18.2. The summed E-state index contributed by atoms with van der Waals surface area (Å²) in [6.45, 7) is 2.04. The van der Waals surface area contributed by atoms with E-state index in [2.05, 4.69) is 5.32 Å². The monoisotopic (exact) mass is 345 g/mol. The summed E-state index contributed by atoms with van der Waals surface area (Å²) in [5, 5.41) is 11.7. The molecule has 2 rings (SSSR count). The van der Waals surface area contributed by atoms with Crippen LogP contribution in [0.1, 0.15) is 29.3 Å². The molecule has 0 aliphatic rings. The van der Waals surface area contributed by atoms with E-state index in [1.54, 1.807) is 31.2 Å². The van der Waals surface area contributed by atoms with Gasteiger partial charge in [-0.2, -0.15) is 0 Å². The van der Waals surface area contributed by atoms with Gasteiger partial charge in [-0.05, 0) is 43.2 Å². The van der Waals surface area contributed by atoms with Crippen LogP contribution in [0.25, 0.3) is 0 Å². The van der Waals surface area contributed by atoms with E-state index in [0.29, 0.717) is 12.2 Å². The molecule has 2 N–H and O–H groups in total. The minimum Gasteiger partial charge on any atom is -0.491 e. The van der Waals surface area contributed by atoms with Gasteiger partial charge in [0.1, 0.15) is 18.2 Å². The normalized spacial score (nSPS) is 11.6. The third-order valence-electron chi connectivity index (χ3n) is 3.55. The largest absolute Gasteiger partial charge is 0.491 e. The Morgan fingerprint density at radius 1 is 1.20 bits per heavy atom. The second-order valence-electron chi connectivity index (χ2n) is 5.74. The Morgan fingerprint density at radius 2 is 1.92 bits per heavy atom. The molecular weight excluding hydrogens is 325 g/mol. The number of ether oxygens (including phenoxy) is 1. The molecule has 0 radical (unpaired) electrons. The van der Waals surface area contributed by atoms with E-state index < -0.39 is 5.97 Å². The van der Waals surface area contributed by atoms with Crippen LogP contribution in [0.15, 0.2) is 48.5 Å². The summed E-state index contributed by atoms with van der Waals surface area (Å²) in [5.41, 5.74) is 1.11. The van der Waals surface area contributed by atoms with Crippen LogP contribution in [0.4, 0.5) is 4.39 Å². The summed E-state index contributed by atoms with van der Waals surface area (Å²) in [7, 11) is 0. The highest BCUT2D eigenvalue weighted by Gasteiger charge is 2.09. The van der Waals surface area contributed by atoms with Crippen LogP contribution in [0, 0.1) is 5.82 Å². The van der Waals surface area contributed by atoms with Crippen molar-refractivity contribution in [2.24, 2.45) is 0 Å². The lowest BCUT2D eigenvalue weighted by Gasteiger charge is -2.15. The average Bonchev–Trinajstić information content (AvgIpc) is 2.58. The van der Waals surface area contributed by atoms with Crippen LogP contribution >= 0.6 is 0 Å². The van der Waals surface area contributed by atoms with Crippen molar-refractivity contribution < 1.29 is 23.8 Å². The zero-order valence-corrected chi connectivity index (χ0v) is 13.9. The minimum atomic E-state index is -0.976. The van der Waals surface area contributed by atoms with Crippen LogP contribution < -0.4 is 10.1 Å². The lowest BCUT2D eigenvalue weighted by Crippen LogP contribution is -2.36. The number of carbonyl (C=O) groups excluding carboxylic acids is 1. The highest BCUT2D eigenvalue weighted by atomic mass is 19.1. The molecule has 0 fully saturated rings. The van der Waals surface area contributed by atoms with Crippen molar-refractivity contribution in [2.75, 3.05) is 6.61 Å². The quantitative estimate of drug-likeness (QED) is 0.771. The third kappa shape index (κ3) is 6.25. The topological polar surface area (TPSA) is 75.6 Å². The van der Waals surface area contributed by atoms with E-state index >= 15 is 0 Å². The number of benzene rings is 2. The van der Waals surface area contributed by atoms with Crippen molar-refractivity contribution in [1.82, 2.24) is 5.32 Å². The molecule has 25 heavy (non-hydrogen) atoms. The molecule has 132 valence electrons. The van der Waals surface area contributed by atoms with E-state index in [-0.39, 0.29) is 36.4 Å². The lowest BCUT2D eigenvalue weighted by atomic mass is 10.1. The predicted molar refractivity (Wildman–Crippen MR) is 91.2 cm³/mol. The van der Waals surface area contributed by atoms with Gasteiger partial charge in [0.2, 0.25) is 5.91 Å². The Labute approximate surface area is 145 Å². The summed E-state index contributed by atoms with van der Waals surface area (Å²) in [5.74, 6) is -1.06. The molecule has 5 nitrogen and oxygen atoms in total. The molecule has 0 aromatic heterocycles. The highest BCUT2D eigenvalue weighted by Crippen LogP contribution is 2.12. The SMILES string of the molecule is CC(COc1cccc(F)c1)NC(=O)CCc1ccc(C(=O)O)cc1. The number of carboxylic acids is 1. The number of amides is 1. The third-order valence-corrected chi connectivity index (χ3v) is 3.55. The number of carboxylic acid groups (broad SMARTS) is 1. The van der Waals surface area contributed by atoms with Crippen molar-refractivity contribution in [2.45, 2.75) is 25.8 Å². The number of carbonyl (C=O) groups is 2. The first-order valence-electron chi connectivity index (χ1n) is 7.94. The molecule has 2 aromatic rings. The Bertz CT molecular complexity index is 730. The fourth-order valence-electron chi connectivity index (χ4n) is 2.24. The maximum absolute atomic E-state index is 13.1. The zero-order valence-electron chi connectivity index (χ0n) is 13.9. The van der Waals surface area contributed by atoms with E-state index in [9.17, 15) is 14.0 Å². The van der Waals surface area contributed by atoms with Gasteiger partial charge < -0.3 is 15.2 Å². The van der Waals surface area contributed by atoms with Gasteiger partial charge in [-0.3, -0.25) is 4.79 Å². The Kier molecular flexibility index (Phi) is 6.51. The second kappa shape index (κ2) is 8.82.